The van der Waals surface area contributed by atoms with Crippen LogP contribution in [-0.4, -0.2) is 59.2 Å². The molecule has 0 spiro atoms. The first kappa shape index (κ1) is 24.9. The van der Waals surface area contributed by atoms with Gasteiger partial charge in [-0.2, -0.15) is 13.2 Å². The first-order valence-corrected chi connectivity index (χ1v) is 8.82. The highest BCUT2D eigenvalue weighted by Crippen LogP contribution is 2.19. The van der Waals surface area contributed by atoms with Gasteiger partial charge in [0.05, 0.1) is 6.04 Å². The predicted molar refractivity (Wildman–Crippen MR) is 103 cm³/mol. The van der Waals surface area contributed by atoms with Crippen molar-refractivity contribution in [2.24, 2.45) is 11.5 Å². The number of benzene rings is 1. The summed E-state index contributed by atoms with van der Waals surface area (Å²) >= 11 is 0. The first-order valence-electron chi connectivity index (χ1n) is 8.82. The Kier molecular flexibility index (Phi) is 9.27. The Morgan fingerprint density at radius 2 is 1.70 bits per heavy atom. The maximum Gasteiger partial charge on any atom is 0.490 e. The van der Waals surface area contributed by atoms with Gasteiger partial charge in [0.1, 0.15) is 6.04 Å². The van der Waals surface area contributed by atoms with E-state index in [9.17, 15) is 22.8 Å². The summed E-state index contributed by atoms with van der Waals surface area (Å²) < 4.78 is 31.7. The third-order valence-electron chi connectivity index (χ3n) is 3.95. The number of carboxylic acids is 1. The number of carbonyl (C=O) groups excluding carboxylic acids is 2. The molecular formula is C18H24F3N5O4. The number of fused-ring (bicyclic) bond motifs is 1. The van der Waals surface area contributed by atoms with Gasteiger partial charge in [-0.25, -0.2) is 4.79 Å². The van der Waals surface area contributed by atoms with Gasteiger partial charge in [0, 0.05) is 43.5 Å². The smallest absolute Gasteiger partial charge is 0.475 e. The summed E-state index contributed by atoms with van der Waals surface area (Å²) in [7, 11) is 0. The summed E-state index contributed by atoms with van der Waals surface area (Å²) in [5.74, 6) is -3.30. The Morgan fingerprint density at radius 3 is 2.20 bits per heavy atom. The molecule has 2 aromatic rings. The van der Waals surface area contributed by atoms with Crippen molar-refractivity contribution in [2.75, 3.05) is 13.1 Å². The zero-order chi connectivity index (χ0) is 22.9. The quantitative estimate of drug-likeness (QED) is 0.368. The van der Waals surface area contributed by atoms with Crippen molar-refractivity contribution in [3.8, 4) is 0 Å². The summed E-state index contributed by atoms with van der Waals surface area (Å²) in [4.78, 5) is 35.9. The van der Waals surface area contributed by atoms with Crippen LogP contribution in [0.2, 0.25) is 0 Å². The lowest BCUT2D eigenvalue weighted by atomic mass is 10.0. The number of rotatable bonds is 7. The third-order valence-corrected chi connectivity index (χ3v) is 3.95. The van der Waals surface area contributed by atoms with Crippen molar-refractivity contribution in [3.63, 3.8) is 0 Å². The van der Waals surface area contributed by atoms with Crippen molar-refractivity contribution < 1.29 is 32.7 Å². The number of amides is 2. The molecule has 0 bridgehead atoms. The minimum absolute atomic E-state index is 0.252. The molecule has 0 saturated heterocycles. The van der Waals surface area contributed by atoms with Crippen LogP contribution >= 0.6 is 0 Å². The molecule has 12 heteroatoms. The van der Waals surface area contributed by atoms with E-state index in [1.807, 2.05) is 30.5 Å². The van der Waals surface area contributed by atoms with Crippen LogP contribution in [0.1, 0.15) is 12.5 Å². The summed E-state index contributed by atoms with van der Waals surface area (Å²) in [5, 5.41) is 13.6. The van der Waals surface area contributed by atoms with Crippen LogP contribution in [0, 0.1) is 0 Å². The number of carboxylic acid groups (broad SMARTS) is 1. The lowest BCUT2D eigenvalue weighted by molar-refractivity contribution is -0.192. The molecule has 1 aromatic heterocycles. The summed E-state index contributed by atoms with van der Waals surface area (Å²) in [5.41, 5.74) is 13.1. The molecule has 0 aliphatic carbocycles. The van der Waals surface area contributed by atoms with E-state index in [1.165, 1.54) is 6.92 Å². The van der Waals surface area contributed by atoms with Gasteiger partial charge in [0.2, 0.25) is 11.8 Å². The monoisotopic (exact) mass is 431 g/mol. The number of alkyl halides is 3. The Hall–Kier alpha value is -3.12. The number of aromatic amines is 1. The van der Waals surface area contributed by atoms with Crippen LogP contribution in [0.3, 0.4) is 0 Å². The number of carbonyl (C=O) groups is 3. The van der Waals surface area contributed by atoms with Crippen LogP contribution in [0.15, 0.2) is 30.5 Å². The van der Waals surface area contributed by atoms with Gasteiger partial charge >= 0.3 is 12.1 Å². The third kappa shape index (κ3) is 7.72. The fourth-order valence-corrected chi connectivity index (χ4v) is 2.49. The van der Waals surface area contributed by atoms with Crippen LogP contribution < -0.4 is 22.1 Å². The van der Waals surface area contributed by atoms with Crippen molar-refractivity contribution >= 4 is 28.7 Å². The molecule has 166 valence electrons. The van der Waals surface area contributed by atoms with Gasteiger partial charge in [-0.15, -0.1) is 0 Å². The second kappa shape index (κ2) is 11.2. The van der Waals surface area contributed by atoms with Crippen molar-refractivity contribution in [2.45, 2.75) is 31.6 Å². The molecule has 1 heterocycles. The Labute approximate surface area is 170 Å². The Bertz CT molecular complexity index is 865. The largest absolute Gasteiger partial charge is 0.490 e. The molecule has 1 aromatic carbocycles. The molecule has 9 nitrogen and oxygen atoms in total. The van der Waals surface area contributed by atoms with Crippen LogP contribution in [0.4, 0.5) is 13.2 Å². The first-order chi connectivity index (χ1) is 14.0. The summed E-state index contributed by atoms with van der Waals surface area (Å²) in [6.45, 7) is 1.89. The van der Waals surface area contributed by atoms with E-state index in [0.717, 1.165) is 16.5 Å². The van der Waals surface area contributed by atoms with Gasteiger partial charge in [0.15, 0.2) is 0 Å². The van der Waals surface area contributed by atoms with Gasteiger partial charge in [-0.3, -0.25) is 9.59 Å². The normalized spacial score (nSPS) is 12.1. The minimum atomic E-state index is -5.08. The minimum Gasteiger partial charge on any atom is -0.475 e. The maximum atomic E-state index is 12.4. The lowest BCUT2D eigenvalue weighted by Crippen LogP contribution is -2.53. The number of hydrogen-bond acceptors (Lipinski definition) is 5. The number of aliphatic carboxylic acids is 1. The van der Waals surface area contributed by atoms with E-state index >= 15 is 0 Å². The molecule has 8 N–H and O–H groups in total. The van der Waals surface area contributed by atoms with E-state index < -0.39 is 18.2 Å². The molecule has 1 unspecified atom stereocenters. The molecule has 1 atom stereocenters. The van der Waals surface area contributed by atoms with Crippen LogP contribution in [0.5, 0.6) is 0 Å². The van der Waals surface area contributed by atoms with Crippen molar-refractivity contribution in [1.29, 1.82) is 0 Å². The second-order valence-corrected chi connectivity index (χ2v) is 6.30. The van der Waals surface area contributed by atoms with Crippen molar-refractivity contribution in [3.05, 3.63) is 36.0 Å². The standard InChI is InChI=1S/C16H23N5O2.C2HF3O2/c1-10(22)20-15(16(23)21-12(7-17)8-18)6-11-9-19-14-5-3-2-4-13(11)14;3-2(4,5)1(6)7/h2-5,9,12,15,19H,6-8,17-18H2,1H3,(H,20,22)(H,21,23);(H,6,7). The fraction of sp³-hybridized carbons (Fsp3) is 0.389. The molecule has 2 amide bonds. The average Bonchev–Trinajstić information content (AvgIpc) is 3.08. The zero-order valence-corrected chi connectivity index (χ0v) is 16.1. The van der Waals surface area contributed by atoms with E-state index in [-0.39, 0.29) is 30.9 Å². The van der Waals surface area contributed by atoms with E-state index in [4.69, 9.17) is 21.4 Å². The molecule has 0 aliphatic heterocycles. The highest BCUT2D eigenvalue weighted by molar-refractivity contribution is 5.89. The van der Waals surface area contributed by atoms with E-state index in [1.54, 1.807) is 0 Å². The fourth-order valence-electron chi connectivity index (χ4n) is 2.49. The van der Waals surface area contributed by atoms with Crippen LogP contribution in [-0.2, 0) is 20.8 Å². The number of halogens is 3. The lowest BCUT2D eigenvalue weighted by Gasteiger charge is -2.21. The summed E-state index contributed by atoms with van der Waals surface area (Å²) in [6.07, 6.45) is -2.84. The Morgan fingerprint density at radius 1 is 1.13 bits per heavy atom. The number of aromatic nitrogens is 1. The molecule has 0 fully saturated rings. The van der Waals surface area contributed by atoms with Gasteiger partial charge in [-0.05, 0) is 11.6 Å². The highest BCUT2D eigenvalue weighted by atomic mass is 19.4. The molecule has 0 saturated carbocycles. The number of nitrogens with two attached hydrogens (primary N) is 2. The van der Waals surface area contributed by atoms with Crippen LogP contribution in [0.25, 0.3) is 10.9 Å². The molecule has 2 rings (SSSR count). The SMILES string of the molecule is CC(=O)NC(Cc1c[nH]c2ccccc12)C(=O)NC(CN)CN.O=C(O)C(F)(F)F. The topological polar surface area (TPSA) is 163 Å². The molecule has 0 radical (unpaired) electrons. The number of nitrogens with one attached hydrogen (secondary N) is 3. The number of hydrogen-bond donors (Lipinski definition) is 6. The molecule has 0 aliphatic rings. The van der Waals surface area contributed by atoms with Gasteiger partial charge < -0.3 is 32.2 Å². The second-order valence-electron chi connectivity index (χ2n) is 6.30. The highest BCUT2D eigenvalue weighted by Gasteiger charge is 2.38. The molecule has 30 heavy (non-hydrogen) atoms. The zero-order valence-electron chi connectivity index (χ0n) is 16.1. The van der Waals surface area contributed by atoms with Crippen molar-refractivity contribution in [1.82, 2.24) is 15.6 Å². The predicted octanol–water partition coefficient (Wildman–Crippen LogP) is 0.251. The number of para-hydroxylation sites is 1. The van der Waals surface area contributed by atoms with E-state index in [0.29, 0.717) is 6.42 Å². The number of H-pyrrole nitrogens is 1. The van der Waals surface area contributed by atoms with E-state index in [2.05, 4.69) is 15.6 Å². The maximum absolute atomic E-state index is 12.4. The van der Waals surface area contributed by atoms with Gasteiger partial charge in [-0.1, -0.05) is 18.2 Å². The summed E-state index contributed by atoms with van der Waals surface area (Å²) in [6, 6.07) is 6.84. The Balaban J connectivity index is 0.000000553. The molecular weight excluding hydrogens is 407 g/mol. The van der Waals surface area contributed by atoms with Gasteiger partial charge in [0.25, 0.3) is 0 Å². The average molecular weight is 431 g/mol.